The average Bonchev–Trinajstić information content (AvgIpc) is 2.74. The van der Waals surface area contributed by atoms with Crippen molar-refractivity contribution in [2.45, 2.75) is 24.5 Å². The maximum atomic E-state index is 10.9. The first-order valence-electron chi connectivity index (χ1n) is 5.43. The summed E-state index contributed by atoms with van der Waals surface area (Å²) in [6.07, 6.45) is 0. The van der Waals surface area contributed by atoms with Gasteiger partial charge in [-0.15, -0.1) is 22.0 Å². The highest BCUT2D eigenvalue weighted by atomic mass is 32.2. The lowest BCUT2D eigenvalue weighted by molar-refractivity contribution is -0.114. The number of anilines is 1. The molecule has 2 aromatic rings. The first-order chi connectivity index (χ1) is 8.63. The summed E-state index contributed by atoms with van der Waals surface area (Å²) < 4.78 is 5.28. The van der Waals surface area contributed by atoms with Crippen LogP contribution in [-0.2, 0) is 10.5 Å². The number of thioether (sulfide) groups is 1. The zero-order valence-electron chi connectivity index (χ0n) is 10.1. The Hall–Kier alpha value is -1.82. The molecule has 0 atom stereocenters. The number of rotatable bonds is 4. The molecule has 1 heterocycles. The largest absolute Gasteiger partial charge is 0.425 e. The molecular weight excluding hydrogens is 250 g/mol. The minimum atomic E-state index is -0.0725. The zero-order chi connectivity index (χ0) is 13.0. The van der Waals surface area contributed by atoms with Crippen LogP contribution in [0, 0.1) is 6.92 Å². The molecule has 1 amide bonds. The van der Waals surface area contributed by atoms with E-state index in [2.05, 4.69) is 15.5 Å². The fourth-order valence-electron chi connectivity index (χ4n) is 1.38. The fourth-order valence-corrected chi connectivity index (χ4v) is 2.11. The second-order valence-electron chi connectivity index (χ2n) is 3.71. The molecule has 94 valence electrons. The highest BCUT2D eigenvalue weighted by Crippen LogP contribution is 2.23. The lowest BCUT2D eigenvalue weighted by Crippen LogP contribution is -2.05. The minimum Gasteiger partial charge on any atom is -0.425 e. The Morgan fingerprint density at radius 3 is 2.61 bits per heavy atom. The van der Waals surface area contributed by atoms with Gasteiger partial charge in [-0.25, -0.2) is 0 Å². The Balaban J connectivity index is 1.92. The van der Waals surface area contributed by atoms with E-state index >= 15 is 0 Å². The maximum Gasteiger partial charge on any atom is 0.226 e. The molecule has 0 fully saturated rings. The molecule has 0 radical (unpaired) electrons. The lowest BCUT2D eigenvalue weighted by atomic mass is 10.3. The van der Waals surface area contributed by atoms with Gasteiger partial charge in [-0.2, -0.15) is 0 Å². The Morgan fingerprint density at radius 2 is 2.06 bits per heavy atom. The van der Waals surface area contributed by atoms with Crippen molar-refractivity contribution in [1.82, 2.24) is 10.2 Å². The number of carbonyl (C=O) groups is 1. The second-order valence-corrected chi connectivity index (χ2v) is 4.76. The van der Waals surface area contributed by atoms with Gasteiger partial charge in [0.25, 0.3) is 0 Å². The second kappa shape index (κ2) is 5.68. The Bertz CT molecular complexity index is 537. The van der Waals surface area contributed by atoms with E-state index in [0.29, 0.717) is 17.5 Å². The number of benzene rings is 1. The number of aryl methyl sites for hydroxylation is 1. The van der Waals surface area contributed by atoms with E-state index in [1.165, 1.54) is 6.92 Å². The molecule has 0 bridgehead atoms. The number of hydrogen-bond donors (Lipinski definition) is 1. The van der Waals surface area contributed by atoms with Crippen LogP contribution in [0.3, 0.4) is 0 Å². The molecule has 2 rings (SSSR count). The summed E-state index contributed by atoms with van der Waals surface area (Å²) in [5.74, 6) is 1.76. The van der Waals surface area contributed by atoms with E-state index in [4.69, 9.17) is 4.42 Å². The van der Waals surface area contributed by atoms with Gasteiger partial charge in [0, 0.05) is 24.4 Å². The highest BCUT2D eigenvalue weighted by Gasteiger charge is 2.03. The molecule has 1 N–H and O–H groups in total. The van der Waals surface area contributed by atoms with Crippen LogP contribution in [0.25, 0.3) is 0 Å². The monoisotopic (exact) mass is 263 g/mol. The number of aromatic nitrogens is 2. The van der Waals surface area contributed by atoms with Crippen LogP contribution >= 0.6 is 11.8 Å². The summed E-state index contributed by atoms with van der Waals surface area (Å²) in [6, 6.07) is 7.62. The Kier molecular flexibility index (Phi) is 3.99. The number of nitrogens with one attached hydrogen (secondary N) is 1. The van der Waals surface area contributed by atoms with Crippen LogP contribution in [0.4, 0.5) is 5.69 Å². The Morgan fingerprint density at radius 1 is 1.33 bits per heavy atom. The number of hydrogen-bond acceptors (Lipinski definition) is 5. The van der Waals surface area contributed by atoms with Gasteiger partial charge >= 0.3 is 0 Å². The van der Waals surface area contributed by atoms with Gasteiger partial charge < -0.3 is 9.73 Å². The summed E-state index contributed by atoms with van der Waals surface area (Å²) in [5.41, 5.74) is 0.792. The van der Waals surface area contributed by atoms with Gasteiger partial charge in [0.2, 0.25) is 17.7 Å². The standard InChI is InChI=1S/C12H13N3O2S/c1-8(16)13-10-3-5-11(6-4-10)18-7-12-15-14-9(2)17-12/h3-6H,7H2,1-2H3,(H,13,16). The molecule has 0 saturated heterocycles. The molecule has 0 unspecified atom stereocenters. The number of amides is 1. The van der Waals surface area contributed by atoms with Gasteiger partial charge in [0.05, 0.1) is 5.75 Å². The molecule has 6 heteroatoms. The van der Waals surface area contributed by atoms with E-state index in [1.807, 2.05) is 24.3 Å². The van der Waals surface area contributed by atoms with Crippen LogP contribution in [0.15, 0.2) is 33.6 Å². The van der Waals surface area contributed by atoms with E-state index in [-0.39, 0.29) is 5.91 Å². The molecule has 1 aromatic heterocycles. The highest BCUT2D eigenvalue weighted by molar-refractivity contribution is 7.98. The molecule has 1 aromatic carbocycles. The van der Waals surface area contributed by atoms with E-state index in [1.54, 1.807) is 18.7 Å². The molecule has 0 aliphatic rings. The van der Waals surface area contributed by atoms with E-state index in [0.717, 1.165) is 10.6 Å². The van der Waals surface area contributed by atoms with Crippen LogP contribution in [0.2, 0.25) is 0 Å². The van der Waals surface area contributed by atoms with E-state index < -0.39 is 0 Å². The van der Waals surface area contributed by atoms with Crippen molar-refractivity contribution in [3.05, 3.63) is 36.0 Å². The number of nitrogens with zero attached hydrogens (tertiary/aromatic N) is 2. The third-order valence-electron chi connectivity index (χ3n) is 2.10. The van der Waals surface area contributed by atoms with Crippen LogP contribution in [0.5, 0.6) is 0 Å². The van der Waals surface area contributed by atoms with Crippen molar-refractivity contribution in [3.63, 3.8) is 0 Å². The summed E-state index contributed by atoms with van der Waals surface area (Å²) in [6.45, 7) is 3.25. The van der Waals surface area contributed by atoms with Crippen molar-refractivity contribution in [1.29, 1.82) is 0 Å². The summed E-state index contributed by atoms with van der Waals surface area (Å²) >= 11 is 1.61. The Labute approximate surface area is 109 Å². The molecule has 0 aliphatic carbocycles. The molecule has 0 saturated carbocycles. The van der Waals surface area contributed by atoms with E-state index in [9.17, 15) is 4.79 Å². The molecule has 0 spiro atoms. The van der Waals surface area contributed by atoms with Gasteiger partial charge in [-0.05, 0) is 24.3 Å². The smallest absolute Gasteiger partial charge is 0.226 e. The van der Waals surface area contributed by atoms with Crippen LogP contribution < -0.4 is 5.32 Å². The maximum absolute atomic E-state index is 10.9. The zero-order valence-corrected chi connectivity index (χ0v) is 11.0. The fraction of sp³-hybridized carbons (Fsp3) is 0.250. The summed E-state index contributed by atoms with van der Waals surface area (Å²) in [4.78, 5) is 12.0. The van der Waals surface area contributed by atoms with Gasteiger partial charge in [0.1, 0.15) is 0 Å². The third kappa shape index (κ3) is 3.59. The van der Waals surface area contributed by atoms with Crippen molar-refractivity contribution >= 4 is 23.4 Å². The summed E-state index contributed by atoms with van der Waals surface area (Å²) in [5, 5.41) is 10.4. The quantitative estimate of drug-likeness (QED) is 0.859. The normalized spacial score (nSPS) is 10.3. The third-order valence-corrected chi connectivity index (χ3v) is 3.10. The van der Waals surface area contributed by atoms with Crippen molar-refractivity contribution in [2.24, 2.45) is 0 Å². The first kappa shape index (κ1) is 12.6. The SMILES string of the molecule is CC(=O)Nc1ccc(SCc2nnc(C)o2)cc1. The predicted octanol–water partition coefficient (Wildman–Crippen LogP) is 2.63. The minimum absolute atomic E-state index is 0.0725. The van der Waals surface area contributed by atoms with Crippen LogP contribution in [-0.4, -0.2) is 16.1 Å². The lowest BCUT2D eigenvalue weighted by Gasteiger charge is -2.03. The van der Waals surface area contributed by atoms with Gasteiger partial charge in [0.15, 0.2) is 0 Å². The topological polar surface area (TPSA) is 68.0 Å². The predicted molar refractivity (Wildman–Crippen MR) is 69.3 cm³/mol. The summed E-state index contributed by atoms with van der Waals surface area (Å²) in [7, 11) is 0. The molecular formula is C12H13N3O2S. The van der Waals surface area contributed by atoms with Crippen molar-refractivity contribution in [3.8, 4) is 0 Å². The number of carbonyl (C=O) groups excluding carboxylic acids is 1. The van der Waals surface area contributed by atoms with Crippen LogP contribution in [0.1, 0.15) is 18.7 Å². The molecule has 0 aliphatic heterocycles. The molecule has 5 nitrogen and oxygen atoms in total. The van der Waals surface area contributed by atoms with Crippen molar-refractivity contribution in [2.75, 3.05) is 5.32 Å². The molecule has 18 heavy (non-hydrogen) atoms. The van der Waals surface area contributed by atoms with Gasteiger partial charge in [-0.3, -0.25) is 4.79 Å². The van der Waals surface area contributed by atoms with Gasteiger partial charge in [-0.1, -0.05) is 0 Å². The average molecular weight is 263 g/mol. The first-order valence-corrected chi connectivity index (χ1v) is 6.41. The van der Waals surface area contributed by atoms with Crippen molar-refractivity contribution < 1.29 is 9.21 Å².